The molecule has 0 amide bonds. The summed E-state index contributed by atoms with van der Waals surface area (Å²) in [7, 11) is 1.80. The van der Waals surface area contributed by atoms with Gasteiger partial charge in [-0.25, -0.2) is 0 Å². The van der Waals surface area contributed by atoms with Crippen molar-refractivity contribution in [3.63, 3.8) is 0 Å². The van der Waals surface area contributed by atoms with E-state index in [1.54, 1.807) is 7.11 Å². The van der Waals surface area contributed by atoms with Gasteiger partial charge in [0, 0.05) is 26.3 Å². The molecule has 2 fully saturated rings. The minimum Gasteiger partial charge on any atom is -0.385 e. The first-order valence-electron chi connectivity index (χ1n) is 5.96. The Kier molecular flexibility index (Phi) is 3.13. The van der Waals surface area contributed by atoms with Gasteiger partial charge < -0.3 is 10.1 Å². The first-order chi connectivity index (χ1) is 6.74. The molecule has 0 aromatic heterocycles. The van der Waals surface area contributed by atoms with E-state index >= 15 is 0 Å². The van der Waals surface area contributed by atoms with E-state index in [1.807, 2.05) is 0 Å². The van der Waals surface area contributed by atoms with Crippen molar-refractivity contribution in [1.29, 1.82) is 0 Å². The molecule has 0 radical (unpaired) electrons. The molecule has 0 unspecified atom stereocenters. The van der Waals surface area contributed by atoms with Gasteiger partial charge in [0.2, 0.25) is 0 Å². The van der Waals surface area contributed by atoms with Crippen molar-refractivity contribution >= 4 is 0 Å². The number of nitrogens with one attached hydrogen (secondary N) is 1. The van der Waals surface area contributed by atoms with Crippen molar-refractivity contribution in [2.24, 2.45) is 11.3 Å². The lowest BCUT2D eigenvalue weighted by Gasteiger charge is -2.34. The van der Waals surface area contributed by atoms with Gasteiger partial charge in [-0.15, -0.1) is 0 Å². The molecule has 2 heteroatoms. The van der Waals surface area contributed by atoms with Gasteiger partial charge in [-0.2, -0.15) is 0 Å². The fourth-order valence-electron chi connectivity index (χ4n) is 2.44. The van der Waals surface area contributed by atoms with Gasteiger partial charge in [0.15, 0.2) is 0 Å². The van der Waals surface area contributed by atoms with Crippen molar-refractivity contribution in [1.82, 2.24) is 5.32 Å². The highest BCUT2D eigenvalue weighted by Gasteiger charge is 2.42. The summed E-state index contributed by atoms with van der Waals surface area (Å²) >= 11 is 0. The molecule has 0 bridgehead atoms. The van der Waals surface area contributed by atoms with E-state index in [4.69, 9.17) is 4.74 Å². The van der Waals surface area contributed by atoms with E-state index in [1.165, 1.54) is 38.6 Å². The Hall–Kier alpha value is -0.0800. The van der Waals surface area contributed by atoms with E-state index in [0.717, 1.165) is 18.6 Å². The first kappa shape index (κ1) is 10.4. The highest BCUT2D eigenvalue weighted by Crippen LogP contribution is 2.48. The maximum atomic E-state index is 5.15. The summed E-state index contributed by atoms with van der Waals surface area (Å²) in [6.45, 7) is 4.51. The molecule has 2 aliphatic carbocycles. The molecule has 14 heavy (non-hydrogen) atoms. The van der Waals surface area contributed by atoms with Crippen LogP contribution in [0, 0.1) is 11.3 Å². The molecule has 82 valence electrons. The van der Waals surface area contributed by atoms with Crippen LogP contribution in [-0.4, -0.2) is 26.3 Å². The minimum atomic E-state index is 0.620. The molecule has 2 aliphatic rings. The molecule has 1 N–H and O–H groups in total. The van der Waals surface area contributed by atoms with Crippen LogP contribution in [0.2, 0.25) is 0 Å². The van der Waals surface area contributed by atoms with Crippen LogP contribution < -0.4 is 5.32 Å². The predicted octanol–water partition coefficient (Wildman–Crippen LogP) is 2.19. The Morgan fingerprint density at radius 2 is 2.07 bits per heavy atom. The molecular weight excluding hydrogens is 174 g/mol. The van der Waals surface area contributed by atoms with Crippen LogP contribution in [0.3, 0.4) is 0 Å². The Labute approximate surface area is 87.4 Å². The largest absolute Gasteiger partial charge is 0.385 e. The van der Waals surface area contributed by atoms with Crippen LogP contribution in [0.25, 0.3) is 0 Å². The van der Waals surface area contributed by atoms with E-state index in [2.05, 4.69) is 12.2 Å². The zero-order chi connectivity index (χ0) is 10.0. The van der Waals surface area contributed by atoms with Gasteiger partial charge in [-0.05, 0) is 43.4 Å². The lowest BCUT2D eigenvalue weighted by molar-refractivity contribution is 0.163. The third-order valence-electron chi connectivity index (χ3n) is 3.93. The minimum absolute atomic E-state index is 0.620. The van der Waals surface area contributed by atoms with Crippen molar-refractivity contribution < 1.29 is 4.74 Å². The van der Waals surface area contributed by atoms with Crippen LogP contribution in [0.5, 0.6) is 0 Å². The van der Waals surface area contributed by atoms with E-state index in [-0.39, 0.29) is 0 Å². The second-order valence-corrected chi connectivity index (χ2v) is 5.40. The van der Waals surface area contributed by atoms with Crippen molar-refractivity contribution in [3.05, 3.63) is 0 Å². The van der Waals surface area contributed by atoms with Gasteiger partial charge >= 0.3 is 0 Å². The number of hydrogen-bond acceptors (Lipinski definition) is 2. The average molecular weight is 197 g/mol. The Bertz CT molecular complexity index is 183. The van der Waals surface area contributed by atoms with E-state index in [9.17, 15) is 0 Å². The van der Waals surface area contributed by atoms with Crippen molar-refractivity contribution in [3.8, 4) is 0 Å². The number of rotatable bonds is 6. The maximum absolute atomic E-state index is 5.15. The summed E-state index contributed by atoms with van der Waals surface area (Å²) in [4.78, 5) is 0. The number of ether oxygens (including phenoxy) is 1. The van der Waals surface area contributed by atoms with Crippen molar-refractivity contribution in [2.45, 2.75) is 45.1 Å². The zero-order valence-electron chi connectivity index (χ0n) is 9.51. The standard InChI is InChI=1S/C12H23NO/c1-10-7-11(8-10)13-9-12(3-4-12)5-6-14-2/h10-11,13H,3-9H2,1-2H3. The molecule has 0 aliphatic heterocycles. The van der Waals surface area contributed by atoms with Gasteiger partial charge in [0.05, 0.1) is 0 Å². The lowest BCUT2D eigenvalue weighted by Crippen LogP contribution is -2.42. The first-order valence-corrected chi connectivity index (χ1v) is 5.96. The van der Waals surface area contributed by atoms with Crippen LogP contribution in [0.4, 0.5) is 0 Å². The van der Waals surface area contributed by atoms with Gasteiger partial charge in [-0.1, -0.05) is 6.92 Å². The van der Waals surface area contributed by atoms with Gasteiger partial charge in [-0.3, -0.25) is 0 Å². The fraction of sp³-hybridized carbons (Fsp3) is 1.00. The number of hydrogen-bond donors (Lipinski definition) is 1. The van der Waals surface area contributed by atoms with Gasteiger partial charge in [0.25, 0.3) is 0 Å². The predicted molar refractivity (Wildman–Crippen MR) is 58.3 cm³/mol. The molecule has 2 rings (SSSR count). The molecule has 2 saturated carbocycles. The number of methoxy groups -OCH3 is 1. The highest BCUT2D eigenvalue weighted by molar-refractivity contribution is 4.96. The molecule has 0 spiro atoms. The third-order valence-corrected chi connectivity index (χ3v) is 3.93. The lowest BCUT2D eigenvalue weighted by atomic mass is 9.81. The topological polar surface area (TPSA) is 21.3 Å². The quantitative estimate of drug-likeness (QED) is 0.705. The summed E-state index contributed by atoms with van der Waals surface area (Å²) in [6, 6.07) is 0.824. The Balaban J connectivity index is 1.60. The molecule has 0 saturated heterocycles. The average Bonchev–Trinajstić information content (AvgIpc) is 2.89. The second kappa shape index (κ2) is 4.19. The summed E-state index contributed by atoms with van der Waals surface area (Å²) in [5.74, 6) is 0.960. The fourth-order valence-corrected chi connectivity index (χ4v) is 2.44. The van der Waals surface area contributed by atoms with Crippen molar-refractivity contribution in [2.75, 3.05) is 20.3 Å². The molecule has 2 nitrogen and oxygen atoms in total. The molecule has 0 aromatic carbocycles. The van der Waals surface area contributed by atoms with Crippen LogP contribution >= 0.6 is 0 Å². The summed E-state index contributed by atoms with van der Waals surface area (Å²) in [5, 5.41) is 3.71. The van der Waals surface area contributed by atoms with E-state index < -0.39 is 0 Å². The second-order valence-electron chi connectivity index (χ2n) is 5.40. The molecular formula is C12H23NO. The Morgan fingerprint density at radius 3 is 2.57 bits per heavy atom. The monoisotopic (exact) mass is 197 g/mol. The molecule has 0 aromatic rings. The normalized spacial score (nSPS) is 33.9. The smallest absolute Gasteiger partial charge is 0.0468 e. The zero-order valence-corrected chi connectivity index (χ0v) is 9.51. The van der Waals surface area contributed by atoms with Crippen LogP contribution in [0.1, 0.15) is 39.0 Å². The third kappa shape index (κ3) is 2.48. The van der Waals surface area contributed by atoms with E-state index in [0.29, 0.717) is 5.41 Å². The van der Waals surface area contributed by atoms with Crippen LogP contribution in [0.15, 0.2) is 0 Å². The summed E-state index contributed by atoms with van der Waals surface area (Å²) < 4.78 is 5.15. The summed E-state index contributed by atoms with van der Waals surface area (Å²) in [6.07, 6.45) is 6.84. The maximum Gasteiger partial charge on any atom is 0.0468 e. The van der Waals surface area contributed by atoms with Gasteiger partial charge in [0.1, 0.15) is 0 Å². The highest BCUT2D eigenvalue weighted by atomic mass is 16.5. The van der Waals surface area contributed by atoms with Crippen LogP contribution in [-0.2, 0) is 4.74 Å². The SMILES string of the molecule is COCCC1(CNC2CC(C)C2)CC1. The molecule has 0 heterocycles. The summed E-state index contributed by atoms with van der Waals surface area (Å²) in [5.41, 5.74) is 0.620. The molecule has 0 atom stereocenters. The Morgan fingerprint density at radius 1 is 1.36 bits per heavy atom.